The highest BCUT2D eigenvalue weighted by Gasteiger charge is 2.26. The Morgan fingerprint density at radius 3 is 2.13 bits per heavy atom. The third-order valence-corrected chi connectivity index (χ3v) is 5.95. The standard InChI is InChI=1S/C9H20O4S2/c1-4-8(3)7-15(12,13)9(5-2)6-14(10)11/h8-9H,4-7H2,1-3H3,(H,10,11). The highest BCUT2D eigenvalue weighted by molar-refractivity contribution is 7.93. The lowest BCUT2D eigenvalue weighted by Gasteiger charge is -2.16. The summed E-state index contributed by atoms with van der Waals surface area (Å²) in [6, 6.07) is 0. The quantitative estimate of drug-likeness (QED) is 0.700. The van der Waals surface area contributed by atoms with Crippen LogP contribution in [0.5, 0.6) is 0 Å². The van der Waals surface area contributed by atoms with Crippen LogP contribution in [-0.2, 0) is 20.9 Å². The van der Waals surface area contributed by atoms with Gasteiger partial charge in [0, 0.05) is 0 Å². The van der Waals surface area contributed by atoms with Crippen molar-refractivity contribution in [2.75, 3.05) is 11.5 Å². The van der Waals surface area contributed by atoms with Crippen molar-refractivity contribution in [3.8, 4) is 0 Å². The van der Waals surface area contributed by atoms with Crippen molar-refractivity contribution < 1.29 is 17.2 Å². The average molecular weight is 256 g/mol. The minimum Gasteiger partial charge on any atom is -0.306 e. The van der Waals surface area contributed by atoms with Crippen molar-refractivity contribution in [1.29, 1.82) is 0 Å². The molecule has 0 aromatic rings. The van der Waals surface area contributed by atoms with Gasteiger partial charge in [-0.1, -0.05) is 27.2 Å². The summed E-state index contributed by atoms with van der Waals surface area (Å²) < 4.78 is 43.0. The number of sulfone groups is 1. The summed E-state index contributed by atoms with van der Waals surface area (Å²) in [6.07, 6.45) is 1.20. The molecular formula is C9H20O4S2. The topological polar surface area (TPSA) is 71.4 Å². The molecule has 3 unspecified atom stereocenters. The van der Waals surface area contributed by atoms with E-state index in [0.29, 0.717) is 6.42 Å². The summed E-state index contributed by atoms with van der Waals surface area (Å²) in [4.78, 5) is 0. The molecule has 0 aliphatic heterocycles. The van der Waals surface area contributed by atoms with E-state index < -0.39 is 26.2 Å². The fourth-order valence-electron chi connectivity index (χ4n) is 1.28. The van der Waals surface area contributed by atoms with Crippen LogP contribution in [0.15, 0.2) is 0 Å². The molecule has 0 saturated heterocycles. The third kappa shape index (κ3) is 5.63. The monoisotopic (exact) mass is 256 g/mol. The predicted octanol–water partition coefficient (Wildman–Crippen LogP) is 1.45. The maximum atomic E-state index is 11.8. The molecular weight excluding hydrogens is 236 g/mol. The molecule has 6 heteroatoms. The van der Waals surface area contributed by atoms with Gasteiger partial charge in [-0.3, -0.25) is 0 Å². The second kappa shape index (κ2) is 6.60. The van der Waals surface area contributed by atoms with Gasteiger partial charge in [0.15, 0.2) is 20.9 Å². The van der Waals surface area contributed by atoms with E-state index in [4.69, 9.17) is 4.55 Å². The molecule has 0 spiro atoms. The van der Waals surface area contributed by atoms with E-state index in [9.17, 15) is 12.6 Å². The van der Waals surface area contributed by atoms with E-state index in [0.717, 1.165) is 6.42 Å². The highest BCUT2D eigenvalue weighted by atomic mass is 32.2. The van der Waals surface area contributed by atoms with E-state index in [-0.39, 0.29) is 17.4 Å². The van der Waals surface area contributed by atoms with Crippen LogP contribution in [0.2, 0.25) is 0 Å². The Morgan fingerprint density at radius 1 is 1.27 bits per heavy atom. The van der Waals surface area contributed by atoms with Crippen LogP contribution in [0.1, 0.15) is 33.6 Å². The Hall–Kier alpha value is 0.0600. The van der Waals surface area contributed by atoms with Gasteiger partial charge >= 0.3 is 0 Å². The van der Waals surface area contributed by atoms with Crippen LogP contribution in [0, 0.1) is 5.92 Å². The zero-order valence-corrected chi connectivity index (χ0v) is 11.1. The summed E-state index contributed by atoms with van der Waals surface area (Å²) in [5.41, 5.74) is 0. The lowest BCUT2D eigenvalue weighted by molar-refractivity contribution is 0.541. The normalized spacial score (nSPS) is 18.4. The Kier molecular flexibility index (Phi) is 6.63. The van der Waals surface area contributed by atoms with Crippen LogP contribution in [0.4, 0.5) is 0 Å². The van der Waals surface area contributed by atoms with E-state index in [1.165, 1.54) is 0 Å². The highest BCUT2D eigenvalue weighted by Crippen LogP contribution is 2.14. The molecule has 4 nitrogen and oxygen atoms in total. The maximum Gasteiger partial charge on any atom is 0.154 e. The molecule has 3 atom stereocenters. The summed E-state index contributed by atoms with van der Waals surface area (Å²) in [6.45, 7) is 5.54. The lowest BCUT2D eigenvalue weighted by atomic mass is 10.2. The molecule has 0 aromatic carbocycles. The predicted molar refractivity (Wildman–Crippen MR) is 63.0 cm³/mol. The summed E-state index contributed by atoms with van der Waals surface area (Å²) in [7, 11) is -3.23. The first-order chi connectivity index (χ1) is 6.83. The van der Waals surface area contributed by atoms with Crippen molar-refractivity contribution in [3.63, 3.8) is 0 Å². The van der Waals surface area contributed by atoms with Gasteiger partial charge < -0.3 is 4.55 Å². The Bertz CT molecular complexity index is 297. The Balaban J connectivity index is 4.59. The molecule has 0 saturated carbocycles. The lowest BCUT2D eigenvalue weighted by Crippen LogP contribution is -2.31. The molecule has 0 aliphatic carbocycles. The van der Waals surface area contributed by atoms with Crippen molar-refractivity contribution in [1.82, 2.24) is 0 Å². The van der Waals surface area contributed by atoms with E-state index in [1.807, 2.05) is 13.8 Å². The zero-order chi connectivity index (χ0) is 12.1. The maximum absolute atomic E-state index is 11.8. The molecule has 0 bridgehead atoms. The van der Waals surface area contributed by atoms with Gasteiger partial charge in [-0.15, -0.1) is 0 Å². The number of rotatable bonds is 7. The fourth-order valence-corrected chi connectivity index (χ4v) is 4.83. The third-order valence-electron chi connectivity index (χ3n) is 2.51. The minimum absolute atomic E-state index is 0.108. The molecule has 1 N–H and O–H groups in total. The number of hydrogen-bond donors (Lipinski definition) is 1. The molecule has 92 valence electrons. The van der Waals surface area contributed by atoms with Gasteiger partial charge in [-0.25, -0.2) is 12.6 Å². The minimum atomic E-state index is -3.23. The molecule has 0 aromatic heterocycles. The van der Waals surface area contributed by atoms with Gasteiger partial charge in [0.05, 0.1) is 16.8 Å². The molecule has 0 fully saturated rings. The summed E-state index contributed by atoms with van der Waals surface area (Å²) in [5, 5.41) is -0.683. The second-order valence-electron chi connectivity index (χ2n) is 3.86. The summed E-state index contributed by atoms with van der Waals surface area (Å²) >= 11 is -2.04. The SMILES string of the molecule is CCC(C)CS(=O)(=O)C(CC)CS(=O)O. The Labute approximate surface area is 94.7 Å². The van der Waals surface area contributed by atoms with E-state index in [1.54, 1.807) is 6.92 Å². The van der Waals surface area contributed by atoms with Crippen molar-refractivity contribution in [2.24, 2.45) is 5.92 Å². The van der Waals surface area contributed by atoms with Crippen molar-refractivity contribution >= 4 is 20.9 Å². The fraction of sp³-hybridized carbons (Fsp3) is 1.00. The molecule has 15 heavy (non-hydrogen) atoms. The number of hydrogen-bond acceptors (Lipinski definition) is 3. The molecule has 0 heterocycles. The summed E-state index contributed by atoms with van der Waals surface area (Å²) in [5.74, 6) is 0.0465. The first-order valence-corrected chi connectivity index (χ1v) is 8.11. The van der Waals surface area contributed by atoms with Crippen molar-refractivity contribution in [2.45, 2.75) is 38.9 Å². The molecule has 0 rings (SSSR count). The van der Waals surface area contributed by atoms with Gasteiger partial charge in [-0.05, 0) is 12.3 Å². The van der Waals surface area contributed by atoms with Crippen LogP contribution < -0.4 is 0 Å². The second-order valence-corrected chi connectivity index (χ2v) is 7.16. The average Bonchev–Trinajstić information content (AvgIpc) is 2.12. The van der Waals surface area contributed by atoms with Gasteiger partial charge in [-0.2, -0.15) is 0 Å². The van der Waals surface area contributed by atoms with Gasteiger partial charge in [0.2, 0.25) is 0 Å². The van der Waals surface area contributed by atoms with Crippen LogP contribution in [0.3, 0.4) is 0 Å². The van der Waals surface area contributed by atoms with Crippen LogP contribution >= 0.6 is 0 Å². The van der Waals surface area contributed by atoms with E-state index in [2.05, 4.69) is 0 Å². The molecule has 0 amide bonds. The molecule has 0 aliphatic rings. The largest absolute Gasteiger partial charge is 0.306 e. The Morgan fingerprint density at radius 2 is 1.80 bits per heavy atom. The molecule has 0 radical (unpaired) electrons. The van der Waals surface area contributed by atoms with Crippen LogP contribution in [0.25, 0.3) is 0 Å². The van der Waals surface area contributed by atoms with E-state index >= 15 is 0 Å². The van der Waals surface area contributed by atoms with Gasteiger partial charge in [0.1, 0.15) is 0 Å². The smallest absolute Gasteiger partial charge is 0.154 e. The van der Waals surface area contributed by atoms with Crippen molar-refractivity contribution in [3.05, 3.63) is 0 Å². The van der Waals surface area contributed by atoms with Gasteiger partial charge in [0.25, 0.3) is 0 Å². The zero-order valence-electron chi connectivity index (χ0n) is 9.47. The van der Waals surface area contributed by atoms with Crippen LogP contribution in [-0.4, -0.2) is 33.9 Å². The first kappa shape index (κ1) is 15.1. The first-order valence-electron chi connectivity index (χ1n) is 5.12.